The first-order chi connectivity index (χ1) is 9.11. The van der Waals surface area contributed by atoms with Crippen molar-refractivity contribution < 1.29 is 10.0 Å². The van der Waals surface area contributed by atoms with Gasteiger partial charge in [0, 0.05) is 17.3 Å². The minimum Gasteiger partial charge on any atom is -0.409 e. The monoisotopic (exact) mass is 258 g/mol. The first-order valence-electron chi connectivity index (χ1n) is 5.75. The number of hydrogen-bond acceptors (Lipinski definition) is 4. The van der Waals surface area contributed by atoms with Crippen LogP contribution >= 0.6 is 0 Å². The number of nitrogens with zero attached hydrogens (tertiary/aromatic N) is 2. The number of carbonyl (C=O) groups is 1. The standard InChI is InChI=1S/C13H14N4O2/c1-8(12(14)17-19)13(18)16-10-4-5-11-9(7-10)3-2-6-15-11/h2-8,19H,1H3,(H2,14,17)(H,16,18). The van der Waals surface area contributed by atoms with Gasteiger partial charge in [-0.15, -0.1) is 0 Å². The zero-order valence-electron chi connectivity index (χ0n) is 10.4. The number of carbonyl (C=O) groups excluding carboxylic acids is 1. The average molecular weight is 258 g/mol. The lowest BCUT2D eigenvalue weighted by molar-refractivity contribution is -0.117. The maximum absolute atomic E-state index is 11.9. The van der Waals surface area contributed by atoms with E-state index in [0.717, 1.165) is 10.9 Å². The molecule has 1 aromatic carbocycles. The number of benzene rings is 1. The minimum absolute atomic E-state index is 0.125. The second-order valence-electron chi connectivity index (χ2n) is 4.15. The highest BCUT2D eigenvalue weighted by atomic mass is 16.4. The van der Waals surface area contributed by atoms with Gasteiger partial charge < -0.3 is 16.3 Å². The van der Waals surface area contributed by atoms with Crippen molar-refractivity contribution in [3.63, 3.8) is 0 Å². The molecule has 1 atom stereocenters. The predicted molar refractivity (Wildman–Crippen MR) is 72.9 cm³/mol. The smallest absolute Gasteiger partial charge is 0.234 e. The van der Waals surface area contributed by atoms with E-state index in [4.69, 9.17) is 10.9 Å². The molecule has 1 unspecified atom stereocenters. The average Bonchev–Trinajstić information content (AvgIpc) is 2.45. The third kappa shape index (κ3) is 2.79. The molecule has 0 bridgehead atoms. The second kappa shape index (κ2) is 5.34. The van der Waals surface area contributed by atoms with E-state index in [2.05, 4.69) is 15.5 Å². The van der Waals surface area contributed by atoms with Gasteiger partial charge in [-0.05, 0) is 31.2 Å². The summed E-state index contributed by atoms with van der Waals surface area (Å²) >= 11 is 0. The van der Waals surface area contributed by atoms with Gasteiger partial charge in [-0.3, -0.25) is 9.78 Å². The Morgan fingerprint density at radius 3 is 3.00 bits per heavy atom. The summed E-state index contributed by atoms with van der Waals surface area (Å²) in [4.78, 5) is 16.0. The molecule has 0 aliphatic rings. The van der Waals surface area contributed by atoms with Crippen molar-refractivity contribution >= 4 is 28.3 Å². The highest BCUT2D eigenvalue weighted by Gasteiger charge is 2.17. The Morgan fingerprint density at radius 2 is 2.26 bits per heavy atom. The third-order valence-electron chi connectivity index (χ3n) is 2.82. The molecular formula is C13H14N4O2. The van der Waals surface area contributed by atoms with Crippen LogP contribution in [0.15, 0.2) is 41.7 Å². The fraction of sp³-hybridized carbons (Fsp3) is 0.154. The van der Waals surface area contributed by atoms with Crippen molar-refractivity contribution in [2.45, 2.75) is 6.92 Å². The molecule has 1 heterocycles. The second-order valence-corrected chi connectivity index (χ2v) is 4.15. The first kappa shape index (κ1) is 12.8. The van der Waals surface area contributed by atoms with E-state index in [1.807, 2.05) is 24.3 Å². The summed E-state index contributed by atoms with van der Waals surface area (Å²) in [5, 5.41) is 15.0. The number of amidine groups is 1. The molecule has 0 aliphatic heterocycles. The molecule has 19 heavy (non-hydrogen) atoms. The molecule has 0 spiro atoms. The van der Waals surface area contributed by atoms with Crippen LogP contribution in [-0.2, 0) is 4.79 Å². The van der Waals surface area contributed by atoms with Crippen LogP contribution in [0.1, 0.15) is 6.92 Å². The molecule has 2 aromatic rings. The number of hydrogen-bond donors (Lipinski definition) is 3. The van der Waals surface area contributed by atoms with E-state index < -0.39 is 5.92 Å². The Morgan fingerprint density at radius 1 is 1.47 bits per heavy atom. The first-order valence-corrected chi connectivity index (χ1v) is 5.75. The van der Waals surface area contributed by atoms with Gasteiger partial charge in [-0.25, -0.2) is 0 Å². The molecular weight excluding hydrogens is 244 g/mol. The fourth-order valence-corrected chi connectivity index (χ4v) is 1.62. The zero-order valence-corrected chi connectivity index (χ0v) is 10.4. The number of oxime groups is 1. The Kier molecular flexibility index (Phi) is 3.61. The molecule has 0 saturated heterocycles. The van der Waals surface area contributed by atoms with Crippen molar-refractivity contribution in [2.24, 2.45) is 16.8 Å². The van der Waals surface area contributed by atoms with Crippen LogP contribution in [0, 0.1) is 5.92 Å². The molecule has 0 aliphatic carbocycles. The normalized spacial score (nSPS) is 13.2. The predicted octanol–water partition coefficient (Wildman–Crippen LogP) is 1.56. The van der Waals surface area contributed by atoms with Gasteiger partial charge in [0.15, 0.2) is 5.84 Å². The van der Waals surface area contributed by atoms with Crippen LogP contribution in [0.5, 0.6) is 0 Å². The number of nitrogens with two attached hydrogens (primary N) is 1. The Balaban J connectivity index is 2.19. The van der Waals surface area contributed by atoms with Gasteiger partial charge in [0.2, 0.25) is 5.91 Å². The number of aromatic nitrogens is 1. The van der Waals surface area contributed by atoms with Gasteiger partial charge in [-0.1, -0.05) is 11.2 Å². The maximum atomic E-state index is 11.9. The highest BCUT2D eigenvalue weighted by Crippen LogP contribution is 2.17. The summed E-state index contributed by atoms with van der Waals surface area (Å²) in [5.74, 6) is -1.16. The molecule has 1 amide bonds. The zero-order chi connectivity index (χ0) is 13.8. The van der Waals surface area contributed by atoms with Crippen LogP contribution in [0.3, 0.4) is 0 Å². The largest absolute Gasteiger partial charge is 0.409 e. The van der Waals surface area contributed by atoms with E-state index in [0.29, 0.717) is 5.69 Å². The molecule has 0 fully saturated rings. The van der Waals surface area contributed by atoms with E-state index >= 15 is 0 Å². The quantitative estimate of drug-likeness (QED) is 0.336. The van der Waals surface area contributed by atoms with Crippen LogP contribution in [0.2, 0.25) is 0 Å². The van der Waals surface area contributed by atoms with Crippen molar-refractivity contribution in [1.29, 1.82) is 0 Å². The van der Waals surface area contributed by atoms with Gasteiger partial charge in [0.1, 0.15) is 0 Å². The molecule has 0 radical (unpaired) electrons. The van der Waals surface area contributed by atoms with E-state index in [1.54, 1.807) is 19.2 Å². The van der Waals surface area contributed by atoms with Crippen molar-refractivity contribution in [1.82, 2.24) is 4.98 Å². The number of anilines is 1. The van der Waals surface area contributed by atoms with Crippen LogP contribution in [0.25, 0.3) is 10.9 Å². The molecule has 1 aromatic heterocycles. The van der Waals surface area contributed by atoms with E-state index in [1.165, 1.54) is 0 Å². The summed E-state index contributed by atoms with van der Waals surface area (Å²) in [5.41, 5.74) is 6.88. The number of amides is 1. The highest BCUT2D eigenvalue weighted by molar-refractivity contribution is 6.07. The lowest BCUT2D eigenvalue weighted by atomic mass is 10.1. The topological polar surface area (TPSA) is 101 Å². The summed E-state index contributed by atoms with van der Waals surface area (Å²) < 4.78 is 0. The Hall–Kier alpha value is -2.63. The molecule has 4 N–H and O–H groups in total. The minimum atomic E-state index is -0.699. The number of rotatable bonds is 3. The lowest BCUT2D eigenvalue weighted by Crippen LogP contribution is -2.32. The summed E-state index contributed by atoms with van der Waals surface area (Å²) in [6, 6.07) is 9.13. The van der Waals surface area contributed by atoms with Gasteiger partial charge in [0.25, 0.3) is 0 Å². The molecule has 6 heteroatoms. The Bertz CT molecular complexity index is 639. The van der Waals surface area contributed by atoms with Crippen molar-refractivity contribution in [2.75, 3.05) is 5.32 Å². The van der Waals surface area contributed by atoms with Crippen molar-refractivity contribution in [3.05, 3.63) is 36.5 Å². The Labute approximate surface area is 109 Å². The van der Waals surface area contributed by atoms with Gasteiger partial charge >= 0.3 is 0 Å². The van der Waals surface area contributed by atoms with Crippen LogP contribution in [-0.4, -0.2) is 21.9 Å². The van der Waals surface area contributed by atoms with Crippen molar-refractivity contribution in [3.8, 4) is 0 Å². The number of fused-ring (bicyclic) bond motifs is 1. The molecule has 0 saturated carbocycles. The summed E-state index contributed by atoms with van der Waals surface area (Å²) in [6.45, 7) is 1.56. The SMILES string of the molecule is CC(C(=O)Nc1ccc2ncccc2c1)C(N)=NO. The summed E-state index contributed by atoms with van der Waals surface area (Å²) in [6.07, 6.45) is 1.71. The molecule has 6 nitrogen and oxygen atoms in total. The third-order valence-corrected chi connectivity index (χ3v) is 2.82. The van der Waals surface area contributed by atoms with E-state index in [9.17, 15) is 4.79 Å². The van der Waals surface area contributed by atoms with E-state index in [-0.39, 0.29) is 11.7 Å². The molecule has 2 rings (SSSR count). The van der Waals surface area contributed by atoms with Gasteiger partial charge in [0.05, 0.1) is 11.4 Å². The maximum Gasteiger partial charge on any atom is 0.234 e. The van der Waals surface area contributed by atoms with Crippen LogP contribution < -0.4 is 11.1 Å². The lowest BCUT2D eigenvalue weighted by Gasteiger charge is -2.11. The van der Waals surface area contributed by atoms with Crippen LogP contribution in [0.4, 0.5) is 5.69 Å². The number of nitrogens with one attached hydrogen (secondary N) is 1. The summed E-state index contributed by atoms with van der Waals surface area (Å²) in [7, 11) is 0. The number of pyridine rings is 1. The van der Waals surface area contributed by atoms with Gasteiger partial charge in [-0.2, -0.15) is 0 Å². The molecule has 98 valence electrons. The fourth-order valence-electron chi connectivity index (χ4n) is 1.62.